The number of nitrogens with zero attached hydrogens (tertiary/aromatic N) is 3. The first-order valence-electron chi connectivity index (χ1n) is 8.40. The molecule has 0 saturated carbocycles. The standard InChI is InChI=1S/C19H19ClN4OS2/c1-3-9-24-18(13-10-16(4-2)26-11-13)22-23-19(24)27-12-17(25)21-15-7-5-14(20)6-8-15/h3,5-8,10-11H,1,4,9,12H2,2H3,(H,21,25). The van der Waals surface area contributed by atoms with E-state index in [0.29, 0.717) is 22.4 Å². The molecule has 1 N–H and O–H groups in total. The number of hydrogen-bond acceptors (Lipinski definition) is 5. The Morgan fingerprint density at radius 1 is 1.37 bits per heavy atom. The monoisotopic (exact) mass is 418 g/mol. The second-order valence-corrected chi connectivity index (χ2v) is 8.08. The van der Waals surface area contributed by atoms with Crippen LogP contribution in [0.4, 0.5) is 5.69 Å². The number of anilines is 1. The van der Waals surface area contributed by atoms with E-state index in [-0.39, 0.29) is 11.7 Å². The van der Waals surface area contributed by atoms with Crippen molar-refractivity contribution in [2.75, 3.05) is 11.1 Å². The number of nitrogens with one attached hydrogen (secondary N) is 1. The maximum atomic E-state index is 12.2. The van der Waals surface area contributed by atoms with Crippen molar-refractivity contribution in [1.29, 1.82) is 0 Å². The number of allylic oxidation sites excluding steroid dienone is 1. The summed E-state index contributed by atoms with van der Waals surface area (Å²) in [5, 5.41) is 14.9. The van der Waals surface area contributed by atoms with Crippen LogP contribution in [0.2, 0.25) is 5.02 Å². The van der Waals surface area contributed by atoms with Gasteiger partial charge in [-0.3, -0.25) is 9.36 Å². The van der Waals surface area contributed by atoms with Crippen LogP contribution in [0, 0.1) is 0 Å². The molecule has 2 heterocycles. The Labute approximate surface area is 171 Å². The van der Waals surface area contributed by atoms with Gasteiger partial charge in [0.15, 0.2) is 11.0 Å². The molecular formula is C19H19ClN4OS2. The zero-order valence-electron chi connectivity index (χ0n) is 14.8. The number of aryl methyl sites for hydroxylation is 1. The van der Waals surface area contributed by atoms with E-state index in [2.05, 4.69) is 40.5 Å². The summed E-state index contributed by atoms with van der Waals surface area (Å²) >= 11 is 8.92. The highest BCUT2D eigenvalue weighted by Gasteiger charge is 2.16. The molecule has 0 aliphatic heterocycles. The largest absolute Gasteiger partial charge is 0.325 e. The number of rotatable bonds is 8. The zero-order chi connectivity index (χ0) is 19.2. The molecule has 140 valence electrons. The first kappa shape index (κ1) is 19.7. The second kappa shape index (κ2) is 9.21. The highest BCUT2D eigenvalue weighted by Crippen LogP contribution is 2.28. The third-order valence-corrected chi connectivity index (χ3v) is 6.05. The van der Waals surface area contributed by atoms with Crippen molar-refractivity contribution in [2.24, 2.45) is 0 Å². The lowest BCUT2D eigenvalue weighted by molar-refractivity contribution is -0.113. The van der Waals surface area contributed by atoms with E-state index in [4.69, 9.17) is 11.6 Å². The average Bonchev–Trinajstić information content (AvgIpc) is 3.29. The third kappa shape index (κ3) is 5.00. The lowest BCUT2D eigenvalue weighted by Gasteiger charge is -2.07. The molecule has 0 saturated heterocycles. The first-order chi connectivity index (χ1) is 13.1. The Balaban J connectivity index is 1.69. The van der Waals surface area contributed by atoms with E-state index >= 15 is 0 Å². The van der Waals surface area contributed by atoms with Crippen LogP contribution in [-0.4, -0.2) is 26.4 Å². The number of carbonyl (C=O) groups excluding carboxylic acids is 1. The normalized spacial score (nSPS) is 10.7. The van der Waals surface area contributed by atoms with Gasteiger partial charge in [-0.2, -0.15) is 0 Å². The molecule has 2 aromatic heterocycles. The summed E-state index contributed by atoms with van der Waals surface area (Å²) in [5.74, 6) is 0.925. The van der Waals surface area contributed by atoms with Gasteiger partial charge in [-0.25, -0.2) is 0 Å². The Hall–Kier alpha value is -2.09. The van der Waals surface area contributed by atoms with Gasteiger partial charge in [-0.1, -0.05) is 36.4 Å². The highest BCUT2D eigenvalue weighted by molar-refractivity contribution is 7.99. The molecule has 0 bridgehead atoms. The van der Waals surface area contributed by atoms with Crippen molar-refractivity contribution in [3.63, 3.8) is 0 Å². The number of thiophene rings is 1. The molecule has 1 aromatic carbocycles. The van der Waals surface area contributed by atoms with E-state index < -0.39 is 0 Å². The number of amides is 1. The van der Waals surface area contributed by atoms with Crippen molar-refractivity contribution >= 4 is 46.3 Å². The van der Waals surface area contributed by atoms with Gasteiger partial charge in [0.2, 0.25) is 5.91 Å². The van der Waals surface area contributed by atoms with Crippen LogP contribution in [0.15, 0.2) is 53.5 Å². The van der Waals surface area contributed by atoms with Crippen LogP contribution in [0.5, 0.6) is 0 Å². The topological polar surface area (TPSA) is 59.8 Å². The second-order valence-electron chi connectivity index (χ2n) is 5.70. The van der Waals surface area contributed by atoms with Crippen molar-refractivity contribution in [2.45, 2.75) is 25.0 Å². The lowest BCUT2D eigenvalue weighted by Crippen LogP contribution is -2.14. The van der Waals surface area contributed by atoms with Crippen molar-refractivity contribution in [3.8, 4) is 11.4 Å². The Bertz CT molecular complexity index is 934. The van der Waals surface area contributed by atoms with Gasteiger partial charge in [0, 0.05) is 33.1 Å². The van der Waals surface area contributed by atoms with E-state index in [9.17, 15) is 4.79 Å². The van der Waals surface area contributed by atoms with E-state index in [1.54, 1.807) is 41.7 Å². The predicted octanol–water partition coefficient (Wildman–Crippen LogP) is 5.14. The first-order valence-corrected chi connectivity index (χ1v) is 10.6. The number of aromatic nitrogens is 3. The van der Waals surface area contributed by atoms with Gasteiger partial charge in [-0.05, 0) is 36.8 Å². The molecule has 0 aliphatic rings. The minimum Gasteiger partial charge on any atom is -0.325 e. The predicted molar refractivity (Wildman–Crippen MR) is 114 cm³/mol. The van der Waals surface area contributed by atoms with Gasteiger partial charge in [-0.15, -0.1) is 28.1 Å². The fourth-order valence-electron chi connectivity index (χ4n) is 2.45. The zero-order valence-corrected chi connectivity index (χ0v) is 17.2. The molecule has 0 radical (unpaired) electrons. The van der Waals surface area contributed by atoms with Gasteiger partial charge >= 0.3 is 0 Å². The minimum absolute atomic E-state index is 0.110. The molecule has 0 atom stereocenters. The smallest absolute Gasteiger partial charge is 0.234 e. The fraction of sp³-hybridized carbons (Fsp3) is 0.211. The van der Waals surface area contributed by atoms with Crippen LogP contribution in [0.3, 0.4) is 0 Å². The third-order valence-electron chi connectivity index (χ3n) is 3.75. The molecule has 3 rings (SSSR count). The molecule has 5 nitrogen and oxygen atoms in total. The number of halogens is 1. The summed E-state index contributed by atoms with van der Waals surface area (Å²) in [7, 11) is 0. The lowest BCUT2D eigenvalue weighted by atomic mass is 10.2. The summed E-state index contributed by atoms with van der Waals surface area (Å²) in [6, 6.07) is 9.15. The van der Waals surface area contributed by atoms with E-state index in [1.165, 1.54) is 16.6 Å². The van der Waals surface area contributed by atoms with Crippen LogP contribution >= 0.6 is 34.7 Å². The molecule has 0 unspecified atom stereocenters. The summed E-state index contributed by atoms with van der Waals surface area (Å²) in [6.07, 6.45) is 2.80. The summed E-state index contributed by atoms with van der Waals surface area (Å²) in [4.78, 5) is 13.5. The fourth-order valence-corrected chi connectivity index (χ4v) is 4.13. The van der Waals surface area contributed by atoms with Crippen LogP contribution in [-0.2, 0) is 17.8 Å². The number of hydrogen-bond donors (Lipinski definition) is 1. The average molecular weight is 419 g/mol. The molecular weight excluding hydrogens is 400 g/mol. The van der Waals surface area contributed by atoms with Crippen molar-refractivity contribution < 1.29 is 4.79 Å². The quantitative estimate of drug-likeness (QED) is 0.406. The summed E-state index contributed by atoms with van der Waals surface area (Å²) in [5.41, 5.74) is 1.76. The number of thioether (sulfide) groups is 1. The van der Waals surface area contributed by atoms with Crippen molar-refractivity contribution in [3.05, 3.63) is 58.3 Å². The van der Waals surface area contributed by atoms with Gasteiger partial charge in [0.25, 0.3) is 0 Å². The molecule has 8 heteroatoms. The molecule has 0 fully saturated rings. The van der Waals surface area contributed by atoms with Gasteiger partial charge in [0.1, 0.15) is 0 Å². The van der Waals surface area contributed by atoms with E-state index in [1.807, 2.05) is 4.57 Å². The highest BCUT2D eigenvalue weighted by atomic mass is 35.5. The molecule has 3 aromatic rings. The van der Waals surface area contributed by atoms with Gasteiger partial charge in [0.05, 0.1) is 5.75 Å². The number of benzene rings is 1. The summed E-state index contributed by atoms with van der Waals surface area (Å²) < 4.78 is 1.98. The van der Waals surface area contributed by atoms with E-state index in [0.717, 1.165) is 17.8 Å². The minimum atomic E-state index is -0.110. The van der Waals surface area contributed by atoms with Gasteiger partial charge < -0.3 is 5.32 Å². The summed E-state index contributed by atoms with van der Waals surface area (Å²) in [6.45, 7) is 6.53. The van der Waals surface area contributed by atoms with Crippen LogP contribution < -0.4 is 5.32 Å². The SMILES string of the molecule is C=CCn1c(SCC(=O)Nc2ccc(Cl)cc2)nnc1-c1csc(CC)c1. The Kier molecular flexibility index (Phi) is 6.71. The molecule has 0 aliphatic carbocycles. The molecule has 0 spiro atoms. The molecule has 1 amide bonds. The van der Waals surface area contributed by atoms with Crippen molar-refractivity contribution in [1.82, 2.24) is 14.8 Å². The van der Waals surface area contributed by atoms with Crippen LogP contribution in [0.25, 0.3) is 11.4 Å². The van der Waals surface area contributed by atoms with Crippen LogP contribution in [0.1, 0.15) is 11.8 Å². The maximum absolute atomic E-state index is 12.2. The maximum Gasteiger partial charge on any atom is 0.234 e. The Morgan fingerprint density at radius 3 is 2.81 bits per heavy atom. The Morgan fingerprint density at radius 2 is 2.15 bits per heavy atom. The molecule has 27 heavy (non-hydrogen) atoms. The number of carbonyl (C=O) groups is 1.